The Morgan fingerprint density at radius 3 is 2.32 bits per heavy atom. The number of rotatable bonds is 11. The van der Waals surface area contributed by atoms with E-state index < -0.39 is 47.2 Å². The predicted octanol–water partition coefficient (Wildman–Crippen LogP) is 3.47. The maximum absolute atomic E-state index is 15.7. The first-order valence-corrected chi connectivity index (χ1v) is 16.8. The molecule has 0 radical (unpaired) electrons. The van der Waals surface area contributed by atoms with E-state index in [0.717, 1.165) is 25.7 Å². The van der Waals surface area contributed by atoms with Crippen molar-refractivity contribution in [2.75, 3.05) is 38.5 Å². The third-order valence-electron chi connectivity index (χ3n) is 10.1. The Morgan fingerprint density at radius 1 is 1.02 bits per heavy atom. The number of aryl methyl sites for hydroxylation is 1. The molecule has 3 fully saturated rings. The Balaban J connectivity index is 1.33. The van der Waals surface area contributed by atoms with E-state index in [1.807, 2.05) is 14.0 Å². The van der Waals surface area contributed by atoms with Gasteiger partial charge in [-0.2, -0.15) is 5.10 Å². The number of hydrogen-bond donors (Lipinski definition) is 3. The summed E-state index contributed by atoms with van der Waals surface area (Å²) in [6.07, 6.45) is 5.09. The second kappa shape index (κ2) is 14.5. The second-order valence-electron chi connectivity index (χ2n) is 13.6. The number of halogens is 2. The number of alkyl halides is 1. The highest BCUT2D eigenvalue weighted by molar-refractivity contribution is 6.01. The predicted molar refractivity (Wildman–Crippen MR) is 173 cm³/mol. The largest absolute Gasteiger partial charge is 0.341 e. The quantitative estimate of drug-likeness (QED) is 0.340. The van der Waals surface area contributed by atoms with Crippen molar-refractivity contribution in [3.8, 4) is 0 Å². The Hall–Kier alpha value is -3.87. The maximum Gasteiger partial charge on any atom is 0.270 e. The van der Waals surface area contributed by atoms with E-state index in [0.29, 0.717) is 49.9 Å². The monoisotopic (exact) mass is 655 g/mol. The van der Waals surface area contributed by atoms with Crippen LogP contribution in [0.1, 0.15) is 81.3 Å². The van der Waals surface area contributed by atoms with E-state index in [9.17, 15) is 23.6 Å². The SMILES string of the molecule is CCn1nccc1C(=O)N[C@@H](C(=O)Nc1ccc([C@@H](C)[C@H](NC(=O)C2(F)CC2)C(=O)N2CCN(C)CC2)cc1F)[C@H]1CC[C@H](C)CC1. The first-order chi connectivity index (χ1) is 22.4. The van der Waals surface area contributed by atoms with Gasteiger partial charge in [-0.25, -0.2) is 8.78 Å². The fourth-order valence-electron chi connectivity index (χ4n) is 6.56. The summed E-state index contributed by atoms with van der Waals surface area (Å²) in [4.78, 5) is 57.0. The highest BCUT2D eigenvalue weighted by Gasteiger charge is 2.52. The number of nitrogens with zero attached hydrogens (tertiary/aromatic N) is 4. The van der Waals surface area contributed by atoms with Crippen LogP contribution in [0, 0.1) is 17.7 Å². The normalized spacial score (nSPS) is 22.9. The van der Waals surface area contributed by atoms with Crippen LogP contribution in [0.2, 0.25) is 0 Å². The molecule has 3 N–H and O–H groups in total. The molecule has 1 aliphatic heterocycles. The highest BCUT2D eigenvalue weighted by atomic mass is 19.1. The number of anilines is 1. The third kappa shape index (κ3) is 7.99. The number of carbonyl (C=O) groups is 4. The summed E-state index contributed by atoms with van der Waals surface area (Å²) in [6, 6.07) is 3.86. The average Bonchev–Trinajstić information content (AvgIpc) is 3.63. The number of aromatic nitrogens is 2. The smallest absolute Gasteiger partial charge is 0.270 e. The molecular weight excluding hydrogens is 608 g/mol. The Bertz CT molecular complexity index is 1460. The van der Waals surface area contributed by atoms with E-state index in [4.69, 9.17) is 0 Å². The van der Waals surface area contributed by atoms with Crippen LogP contribution in [0.4, 0.5) is 14.5 Å². The highest BCUT2D eigenvalue weighted by Crippen LogP contribution is 2.40. The molecule has 2 heterocycles. The number of piperazine rings is 1. The Morgan fingerprint density at radius 2 is 1.70 bits per heavy atom. The molecule has 1 saturated heterocycles. The zero-order valence-electron chi connectivity index (χ0n) is 27.7. The zero-order chi connectivity index (χ0) is 33.9. The lowest BCUT2D eigenvalue weighted by molar-refractivity contribution is -0.140. The molecule has 2 aromatic rings. The lowest BCUT2D eigenvalue weighted by Gasteiger charge is -2.36. The molecule has 2 saturated carbocycles. The van der Waals surface area contributed by atoms with Gasteiger partial charge in [-0.1, -0.05) is 32.8 Å². The molecule has 11 nitrogen and oxygen atoms in total. The van der Waals surface area contributed by atoms with Gasteiger partial charge in [0.05, 0.1) is 5.69 Å². The van der Waals surface area contributed by atoms with Crippen LogP contribution in [0.5, 0.6) is 0 Å². The van der Waals surface area contributed by atoms with Gasteiger partial charge in [0.15, 0.2) is 5.67 Å². The number of amides is 4. The Kier molecular flexibility index (Phi) is 10.6. The van der Waals surface area contributed by atoms with Gasteiger partial charge in [-0.3, -0.25) is 23.9 Å². The van der Waals surface area contributed by atoms with Gasteiger partial charge in [0.25, 0.3) is 11.8 Å². The Labute approximate surface area is 274 Å². The van der Waals surface area contributed by atoms with Crippen LogP contribution in [-0.4, -0.2) is 94.2 Å². The van der Waals surface area contributed by atoms with Crippen molar-refractivity contribution in [2.45, 2.75) is 89.5 Å². The molecular formula is C34H47F2N7O4. The van der Waals surface area contributed by atoms with E-state index in [2.05, 4.69) is 32.9 Å². The number of carbonyl (C=O) groups excluding carboxylic acids is 4. The topological polar surface area (TPSA) is 129 Å². The van der Waals surface area contributed by atoms with Gasteiger partial charge >= 0.3 is 0 Å². The van der Waals surface area contributed by atoms with Crippen molar-refractivity contribution < 1.29 is 28.0 Å². The van der Waals surface area contributed by atoms with Crippen LogP contribution in [-0.2, 0) is 20.9 Å². The van der Waals surface area contributed by atoms with E-state index in [1.165, 1.54) is 18.3 Å². The summed E-state index contributed by atoms with van der Waals surface area (Å²) in [7, 11) is 1.96. The van der Waals surface area contributed by atoms with Crippen LogP contribution in [0.3, 0.4) is 0 Å². The van der Waals surface area contributed by atoms with Crippen molar-refractivity contribution in [3.63, 3.8) is 0 Å². The summed E-state index contributed by atoms with van der Waals surface area (Å²) >= 11 is 0. The van der Waals surface area contributed by atoms with E-state index in [-0.39, 0.29) is 30.4 Å². The molecule has 13 heteroatoms. The number of likely N-dealkylation sites (N-methyl/N-ethyl adjacent to an activating group) is 1. The molecule has 256 valence electrons. The molecule has 0 spiro atoms. The first kappa shape index (κ1) is 34.5. The fraction of sp³-hybridized carbons (Fsp3) is 0.618. The molecule has 1 aromatic carbocycles. The third-order valence-corrected chi connectivity index (χ3v) is 10.1. The summed E-state index contributed by atoms with van der Waals surface area (Å²) < 4.78 is 31.9. The molecule has 0 unspecified atom stereocenters. The van der Waals surface area contributed by atoms with Gasteiger partial charge in [-0.15, -0.1) is 0 Å². The average molecular weight is 656 g/mol. The number of benzene rings is 1. The zero-order valence-corrected chi connectivity index (χ0v) is 27.7. The van der Waals surface area contributed by atoms with E-state index >= 15 is 4.39 Å². The number of nitrogens with one attached hydrogen (secondary N) is 3. The van der Waals surface area contributed by atoms with Crippen LogP contribution in [0.15, 0.2) is 30.5 Å². The molecule has 0 bridgehead atoms. The molecule has 4 amide bonds. The summed E-state index contributed by atoms with van der Waals surface area (Å²) in [5.74, 6) is -3.12. The minimum atomic E-state index is -1.97. The van der Waals surface area contributed by atoms with Crippen molar-refractivity contribution in [3.05, 3.63) is 47.5 Å². The van der Waals surface area contributed by atoms with Crippen LogP contribution in [0.25, 0.3) is 0 Å². The van der Waals surface area contributed by atoms with Gasteiger partial charge < -0.3 is 25.8 Å². The van der Waals surface area contributed by atoms with Gasteiger partial charge in [0.1, 0.15) is 23.6 Å². The molecule has 5 rings (SSSR count). The summed E-state index contributed by atoms with van der Waals surface area (Å²) in [5.41, 5.74) is -1.29. The van der Waals surface area contributed by atoms with Gasteiger partial charge in [-0.05, 0) is 75.3 Å². The van der Waals surface area contributed by atoms with Crippen molar-refractivity contribution in [2.24, 2.45) is 11.8 Å². The lowest BCUT2D eigenvalue weighted by Crippen LogP contribution is -2.56. The minimum absolute atomic E-state index is 0.0698. The molecule has 3 atom stereocenters. The van der Waals surface area contributed by atoms with Crippen molar-refractivity contribution in [1.29, 1.82) is 0 Å². The molecule has 2 aliphatic carbocycles. The second-order valence-corrected chi connectivity index (χ2v) is 13.6. The van der Waals surface area contributed by atoms with Gasteiger partial charge in [0.2, 0.25) is 11.8 Å². The van der Waals surface area contributed by atoms with Gasteiger partial charge in [0, 0.05) is 44.8 Å². The van der Waals surface area contributed by atoms with Crippen molar-refractivity contribution in [1.82, 2.24) is 30.2 Å². The lowest BCUT2D eigenvalue weighted by atomic mass is 9.79. The fourth-order valence-corrected chi connectivity index (χ4v) is 6.56. The minimum Gasteiger partial charge on any atom is -0.341 e. The summed E-state index contributed by atoms with van der Waals surface area (Å²) in [5, 5.41) is 12.4. The standard InChI is InChI=1S/C34H47F2N7O4/c1-5-43-27(12-15-37-43)30(44)39-29(23-8-6-21(2)7-9-23)31(45)38-26-11-10-24(20-25(26)35)22(3)28(40-33(47)34(36)13-14-34)32(46)42-18-16-41(4)17-19-42/h10-12,15,20-23,28-29H,5-9,13-14,16-19H2,1-4H3,(H,38,45)(H,39,44)(H,40,47)/t21-,22-,23-,28+,29-/m1/s1. The van der Waals surface area contributed by atoms with Crippen LogP contribution < -0.4 is 16.0 Å². The summed E-state index contributed by atoms with van der Waals surface area (Å²) in [6.45, 7) is 8.48. The van der Waals surface area contributed by atoms with E-state index in [1.54, 1.807) is 28.6 Å². The number of hydrogen-bond acceptors (Lipinski definition) is 6. The maximum atomic E-state index is 15.7. The molecule has 3 aliphatic rings. The van der Waals surface area contributed by atoms with Crippen LogP contribution >= 0.6 is 0 Å². The first-order valence-electron chi connectivity index (χ1n) is 16.8. The molecule has 47 heavy (non-hydrogen) atoms. The molecule has 1 aromatic heterocycles. The van der Waals surface area contributed by atoms with Crippen molar-refractivity contribution >= 4 is 29.3 Å².